The van der Waals surface area contributed by atoms with E-state index in [2.05, 4.69) is 15.3 Å². The van der Waals surface area contributed by atoms with Gasteiger partial charge in [0.15, 0.2) is 5.82 Å². The van der Waals surface area contributed by atoms with Crippen LogP contribution in [-0.2, 0) is 6.54 Å². The summed E-state index contributed by atoms with van der Waals surface area (Å²) in [7, 11) is 0. The van der Waals surface area contributed by atoms with Gasteiger partial charge in [0.2, 0.25) is 5.95 Å². The molecule has 1 heterocycles. The van der Waals surface area contributed by atoms with Gasteiger partial charge < -0.3 is 5.32 Å². The molecule has 3 nitrogen and oxygen atoms in total. The topological polar surface area (TPSA) is 37.8 Å². The van der Waals surface area contributed by atoms with Gasteiger partial charge in [0.1, 0.15) is 0 Å². The molecule has 1 aromatic heterocycles. The Balaban J connectivity index is 1.97. The Kier molecular flexibility index (Phi) is 3.10. The fraction of sp³-hybridized carbons (Fsp3) is 0.167. The fourth-order valence-electron chi connectivity index (χ4n) is 1.29. The first-order chi connectivity index (χ1) is 7.74. The van der Waals surface area contributed by atoms with Crippen LogP contribution in [0.15, 0.2) is 36.7 Å². The molecule has 0 aliphatic carbocycles. The van der Waals surface area contributed by atoms with Crippen LogP contribution in [0.3, 0.4) is 0 Å². The molecule has 0 radical (unpaired) electrons. The largest absolute Gasteiger partial charge is 0.350 e. The van der Waals surface area contributed by atoms with E-state index in [1.807, 2.05) is 31.2 Å². The van der Waals surface area contributed by atoms with E-state index in [-0.39, 0.29) is 0 Å². The van der Waals surface area contributed by atoms with Gasteiger partial charge in [0.25, 0.3) is 0 Å². The second-order valence-electron chi connectivity index (χ2n) is 3.56. The lowest BCUT2D eigenvalue weighted by Gasteiger charge is -2.04. The number of nitrogens with zero attached hydrogens (tertiary/aromatic N) is 2. The average Bonchev–Trinajstić information content (AvgIpc) is 2.30. The summed E-state index contributed by atoms with van der Waals surface area (Å²) in [6.07, 6.45) is 2.29. The van der Waals surface area contributed by atoms with Crippen molar-refractivity contribution in [3.63, 3.8) is 0 Å². The van der Waals surface area contributed by atoms with E-state index < -0.39 is 5.82 Å². The zero-order valence-electron chi connectivity index (χ0n) is 8.94. The molecule has 0 fully saturated rings. The van der Waals surface area contributed by atoms with E-state index in [0.717, 1.165) is 18.0 Å². The van der Waals surface area contributed by atoms with Crippen LogP contribution in [0.4, 0.5) is 10.3 Å². The fourth-order valence-corrected chi connectivity index (χ4v) is 1.29. The van der Waals surface area contributed by atoms with Crippen molar-refractivity contribution >= 4 is 5.95 Å². The molecule has 0 unspecified atom stereocenters. The highest BCUT2D eigenvalue weighted by Gasteiger charge is 1.97. The van der Waals surface area contributed by atoms with Crippen LogP contribution in [0.25, 0.3) is 0 Å². The first-order valence-corrected chi connectivity index (χ1v) is 5.01. The summed E-state index contributed by atoms with van der Waals surface area (Å²) in [6.45, 7) is 2.67. The van der Waals surface area contributed by atoms with Gasteiger partial charge in [0.05, 0.1) is 12.4 Å². The minimum atomic E-state index is -0.430. The molecule has 0 aliphatic rings. The van der Waals surface area contributed by atoms with Crippen LogP contribution >= 0.6 is 0 Å². The normalized spacial score (nSPS) is 10.1. The number of hydrogen-bond donors (Lipinski definition) is 1. The van der Waals surface area contributed by atoms with E-state index in [0.29, 0.717) is 12.5 Å². The maximum Gasteiger partial charge on any atom is 0.223 e. The number of aryl methyl sites for hydroxylation is 1. The third kappa shape index (κ3) is 2.76. The quantitative estimate of drug-likeness (QED) is 0.858. The summed E-state index contributed by atoms with van der Waals surface area (Å²) in [6, 6.07) is 8.16. The minimum Gasteiger partial charge on any atom is -0.350 e. The van der Waals surface area contributed by atoms with E-state index >= 15 is 0 Å². The number of halogens is 1. The van der Waals surface area contributed by atoms with Crippen molar-refractivity contribution in [3.05, 3.63) is 53.6 Å². The lowest BCUT2D eigenvalue weighted by Crippen LogP contribution is -2.03. The van der Waals surface area contributed by atoms with Crippen LogP contribution < -0.4 is 5.32 Å². The average molecular weight is 217 g/mol. The van der Waals surface area contributed by atoms with Crippen molar-refractivity contribution in [2.75, 3.05) is 5.32 Å². The Morgan fingerprint density at radius 2 is 1.75 bits per heavy atom. The molecule has 4 heteroatoms. The second kappa shape index (κ2) is 4.70. The van der Waals surface area contributed by atoms with Crippen molar-refractivity contribution in [2.24, 2.45) is 0 Å². The molecule has 1 N–H and O–H groups in total. The van der Waals surface area contributed by atoms with E-state index in [1.165, 1.54) is 5.56 Å². The van der Waals surface area contributed by atoms with Gasteiger partial charge in [-0.2, -0.15) is 0 Å². The zero-order valence-corrected chi connectivity index (χ0v) is 8.94. The maximum absolute atomic E-state index is 12.5. The molecule has 2 aromatic rings. The molecule has 0 bridgehead atoms. The monoisotopic (exact) mass is 217 g/mol. The van der Waals surface area contributed by atoms with E-state index in [9.17, 15) is 4.39 Å². The second-order valence-corrected chi connectivity index (χ2v) is 3.56. The standard InChI is InChI=1S/C12H12FN3/c1-9-2-4-10(5-3-9)6-14-12-15-7-11(13)8-16-12/h2-5,7-8H,6H2,1H3,(H,14,15,16). The highest BCUT2D eigenvalue weighted by Crippen LogP contribution is 2.05. The van der Waals surface area contributed by atoms with Crippen molar-refractivity contribution in [1.82, 2.24) is 9.97 Å². The molecule has 16 heavy (non-hydrogen) atoms. The zero-order chi connectivity index (χ0) is 11.4. The summed E-state index contributed by atoms with van der Waals surface area (Å²) in [5.41, 5.74) is 2.36. The predicted molar refractivity (Wildman–Crippen MR) is 60.5 cm³/mol. The molecule has 2 rings (SSSR count). The number of hydrogen-bond acceptors (Lipinski definition) is 3. The summed E-state index contributed by atoms with van der Waals surface area (Å²) in [5.74, 6) is 0.00265. The first kappa shape index (κ1) is 10.5. The molecule has 0 aliphatic heterocycles. The molecule has 0 spiro atoms. The van der Waals surface area contributed by atoms with E-state index in [4.69, 9.17) is 0 Å². The molecule has 1 aromatic carbocycles. The van der Waals surface area contributed by atoms with Gasteiger partial charge in [-0.3, -0.25) is 0 Å². The molecular weight excluding hydrogens is 205 g/mol. The van der Waals surface area contributed by atoms with Gasteiger partial charge in [-0.25, -0.2) is 14.4 Å². The highest BCUT2D eigenvalue weighted by molar-refractivity contribution is 5.28. The SMILES string of the molecule is Cc1ccc(CNc2ncc(F)cn2)cc1. The van der Waals surface area contributed by atoms with Crippen LogP contribution in [0.2, 0.25) is 0 Å². The Morgan fingerprint density at radius 1 is 1.12 bits per heavy atom. The van der Waals surface area contributed by atoms with Gasteiger partial charge >= 0.3 is 0 Å². The molecule has 82 valence electrons. The Bertz CT molecular complexity index is 405. The third-order valence-corrected chi connectivity index (χ3v) is 2.19. The Hall–Kier alpha value is -1.97. The van der Waals surface area contributed by atoms with E-state index in [1.54, 1.807) is 0 Å². The molecular formula is C12H12FN3. The smallest absolute Gasteiger partial charge is 0.223 e. The van der Waals surface area contributed by atoms with Gasteiger partial charge in [-0.15, -0.1) is 0 Å². The highest BCUT2D eigenvalue weighted by atomic mass is 19.1. The number of benzene rings is 1. The number of rotatable bonds is 3. The molecule has 0 atom stereocenters. The van der Waals surface area contributed by atoms with Gasteiger partial charge in [-0.1, -0.05) is 29.8 Å². The third-order valence-electron chi connectivity index (χ3n) is 2.19. The molecule has 0 saturated heterocycles. The van der Waals surface area contributed by atoms with Crippen LogP contribution in [0.5, 0.6) is 0 Å². The maximum atomic E-state index is 12.5. The van der Waals surface area contributed by atoms with Crippen LogP contribution in [-0.4, -0.2) is 9.97 Å². The predicted octanol–water partition coefficient (Wildman–Crippen LogP) is 2.54. The van der Waals surface area contributed by atoms with Crippen LogP contribution in [0, 0.1) is 12.7 Å². The van der Waals surface area contributed by atoms with Crippen molar-refractivity contribution in [1.29, 1.82) is 0 Å². The van der Waals surface area contributed by atoms with Gasteiger partial charge in [-0.05, 0) is 12.5 Å². The summed E-state index contributed by atoms with van der Waals surface area (Å²) in [5, 5.41) is 3.02. The van der Waals surface area contributed by atoms with Crippen molar-refractivity contribution < 1.29 is 4.39 Å². The lowest BCUT2D eigenvalue weighted by molar-refractivity contribution is 0.614. The Labute approximate surface area is 93.4 Å². The molecule has 0 amide bonds. The minimum absolute atomic E-state index is 0.430. The summed E-state index contributed by atoms with van der Waals surface area (Å²) in [4.78, 5) is 7.63. The number of nitrogens with one attached hydrogen (secondary N) is 1. The van der Waals surface area contributed by atoms with Crippen LogP contribution in [0.1, 0.15) is 11.1 Å². The van der Waals surface area contributed by atoms with Crippen molar-refractivity contribution in [2.45, 2.75) is 13.5 Å². The lowest BCUT2D eigenvalue weighted by atomic mass is 10.1. The van der Waals surface area contributed by atoms with Crippen molar-refractivity contribution in [3.8, 4) is 0 Å². The van der Waals surface area contributed by atoms with Gasteiger partial charge in [0, 0.05) is 6.54 Å². The molecule has 0 saturated carbocycles. The number of anilines is 1. The Morgan fingerprint density at radius 3 is 2.38 bits per heavy atom. The number of aromatic nitrogens is 2. The summed E-state index contributed by atoms with van der Waals surface area (Å²) >= 11 is 0. The summed E-state index contributed by atoms with van der Waals surface area (Å²) < 4.78 is 12.5. The first-order valence-electron chi connectivity index (χ1n) is 5.01.